The summed E-state index contributed by atoms with van der Waals surface area (Å²) in [5.41, 5.74) is 0.755. The Morgan fingerprint density at radius 3 is 2.38 bits per heavy atom. The fourth-order valence-electron chi connectivity index (χ4n) is 2.60. The molecule has 1 atom stereocenters. The third-order valence-corrected chi connectivity index (χ3v) is 4.53. The number of carboxylic acid groups (broad SMARTS) is 1. The zero-order chi connectivity index (χ0) is 15.7. The van der Waals surface area contributed by atoms with Crippen molar-refractivity contribution in [2.75, 3.05) is 13.1 Å². The first kappa shape index (κ1) is 17.7. The molecule has 1 rings (SSSR count). The van der Waals surface area contributed by atoms with Crippen LogP contribution in [0.15, 0.2) is 30.3 Å². The maximum Gasteiger partial charge on any atom is 0.310 e. The molecule has 0 radical (unpaired) electrons. The molecule has 0 amide bonds. The molecular formula is C18H29NO2. The van der Waals surface area contributed by atoms with E-state index in [0.717, 1.165) is 19.4 Å². The molecule has 0 fully saturated rings. The molecule has 0 heterocycles. The Labute approximate surface area is 128 Å². The quantitative estimate of drug-likeness (QED) is 0.690. The Balaban J connectivity index is 2.32. The fraction of sp³-hybridized carbons (Fsp3) is 0.611. The topological polar surface area (TPSA) is 49.3 Å². The van der Waals surface area contributed by atoms with Crippen molar-refractivity contribution < 1.29 is 9.90 Å². The number of carboxylic acids is 1. The van der Waals surface area contributed by atoms with Crippen LogP contribution in [0.1, 0.15) is 45.6 Å². The molecule has 1 unspecified atom stereocenters. The Bertz CT molecular complexity index is 412. The minimum atomic E-state index is -0.683. The summed E-state index contributed by atoms with van der Waals surface area (Å²) < 4.78 is 0. The van der Waals surface area contributed by atoms with Gasteiger partial charge in [0.2, 0.25) is 0 Å². The number of hydrogen-bond acceptors (Lipinski definition) is 2. The summed E-state index contributed by atoms with van der Waals surface area (Å²) in [6, 6.07) is 10.5. The molecule has 3 heteroatoms. The van der Waals surface area contributed by atoms with Crippen LogP contribution in [-0.4, -0.2) is 24.2 Å². The maximum absolute atomic E-state index is 11.4. The van der Waals surface area contributed by atoms with Crippen LogP contribution in [0.2, 0.25) is 0 Å². The van der Waals surface area contributed by atoms with Crippen LogP contribution in [-0.2, 0) is 11.2 Å². The van der Waals surface area contributed by atoms with E-state index in [9.17, 15) is 9.90 Å². The van der Waals surface area contributed by atoms with Crippen molar-refractivity contribution in [3.05, 3.63) is 35.9 Å². The molecule has 21 heavy (non-hydrogen) atoms. The highest BCUT2D eigenvalue weighted by Crippen LogP contribution is 2.25. The molecule has 0 aliphatic rings. The van der Waals surface area contributed by atoms with Gasteiger partial charge in [-0.2, -0.15) is 0 Å². The van der Waals surface area contributed by atoms with Gasteiger partial charge in [-0.05, 0) is 43.7 Å². The lowest BCUT2D eigenvalue weighted by molar-refractivity contribution is -0.149. The van der Waals surface area contributed by atoms with Crippen molar-refractivity contribution in [2.45, 2.75) is 46.5 Å². The number of rotatable bonds is 10. The summed E-state index contributed by atoms with van der Waals surface area (Å²) >= 11 is 0. The van der Waals surface area contributed by atoms with Crippen LogP contribution < -0.4 is 5.32 Å². The van der Waals surface area contributed by atoms with Crippen LogP contribution in [0.3, 0.4) is 0 Å². The Hall–Kier alpha value is -1.35. The Morgan fingerprint density at radius 2 is 1.86 bits per heavy atom. The van der Waals surface area contributed by atoms with Crippen molar-refractivity contribution in [2.24, 2.45) is 11.3 Å². The molecule has 118 valence electrons. The molecule has 0 aromatic heterocycles. The number of benzene rings is 1. The average Bonchev–Trinajstić information content (AvgIpc) is 2.50. The van der Waals surface area contributed by atoms with Crippen molar-refractivity contribution in [1.82, 2.24) is 5.32 Å². The second-order valence-electron chi connectivity index (χ2n) is 6.05. The van der Waals surface area contributed by atoms with Gasteiger partial charge in [-0.15, -0.1) is 0 Å². The van der Waals surface area contributed by atoms with E-state index in [1.54, 1.807) is 0 Å². The first-order valence-corrected chi connectivity index (χ1v) is 8.02. The summed E-state index contributed by atoms with van der Waals surface area (Å²) in [4.78, 5) is 11.4. The third-order valence-electron chi connectivity index (χ3n) is 4.53. The highest BCUT2D eigenvalue weighted by Gasteiger charge is 2.34. The predicted molar refractivity (Wildman–Crippen MR) is 87.4 cm³/mol. The van der Waals surface area contributed by atoms with Crippen molar-refractivity contribution in [1.29, 1.82) is 0 Å². The van der Waals surface area contributed by atoms with Gasteiger partial charge >= 0.3 is 5.97 Å². The van der Waals surface area contributed by atoms with Crippen molar-refractivity contribution in [3.8, 4) is 0 Å². The van der Waals surface area contributed by atoms with E-state index in [0.29, 0.717) is 25.3 Å². The van der Waals surface area contributed by atoms with E-state index in [1.807, 2.05) is 19.9 Å². The molecular weight excluding hydrogens is 262 g/mol. The minimum absolute atomic E-state index is 0.547. The van der Waals surface area contributed by atoms with E-state index in [2.05, 4.69) is 36.5 Å². The average molecular weight is 291 g/mol. The van der Waals surface area contributed by atoms with Crippen molar-refractivity contribution in [3.63, 3.8) is 0 Å². The zero-order valence-electron chi connectivity index (χ0n) is 13.6. The van der Waals surface area contributed by atoms with Gasteiger partial charge in [0.05, 0.1) is 5.41 Å². The van der Waals surface area contributed by atoms with Gasteiger partial charge in [-0.25, -0.2) is 0 Å². The summed E-state index contributed by atoms with van der Waals surface area (Å²) in [7, 11) is 0. The fourth-order valence-corrected chi connectivity index (χ4v) is 2.60. The van der Waals surface area contributed by atoms with E-state index >= 15 is 0 Å². The monoisotopic (exact) mass is 291 g/mol. The first-order chi connectivity index (χ1) is 10.0. The van der Waals surface area contributed by atoms with Gasteiger partial charge < -0.3 is 10.4 Å². The highest BCUT2D eigenvalue weighted by molar-refractivity contribution is 5.74. The molecule has 0 saturated heterocycles. The standard InChI is InChI=1S/C18H29NO2/c1-4-18(5-2,17(20)21)14-19-13-15(3)11-12-16-9-7-6-8-10-16/h6-10,15,19H,4-5,11-14H2,1-3H3,(H,20,21). The summed E-state index contributed by atoms with van der Waals surface area (Å²) in [6.07, 6.45) is 3.54. The lowest BCUT2D eigenvalue weighted by Gasteiger charge is -2.27. The predicted octanol–water partition coefficient (Wildman–Crippen LogP) is 3.74. The lowest BCUT2D eigenvalue weighted by atomic mass is 9.82. The van der Waals surface area contributed by atoms with Gasteiger partial charge in [0, 0.05) is 6.54 Å². The van der Waals surface area contributed by atoms with Crippen molar-refractivity contribution >= 4 is 5.97 Å². The zero-order valence-corrected chi connectivity index (χ0v) is 13.6. The van der Waals surface area contributed by atoms with Crippen LogP contribution in [0.25, 0.3) is 0 Å². The Kier molecular flexibility index (Phi) is 7.44. The summed E-state index contributed by atoms with van der Waals surface area (Å²) in [5.74, 6) is -0.137. The molecule has 1 aromatic carbocycles. The van der Waals surface area contributed by atoms with E-state index in [-0.39, 0.29) is 0 Å². The smallest absolute Gasteiger partial charge is 0.310 e. The minimum Gasteiger partial charge on any atom is -0.481 e. The highest BCUT2D eigenvalue weighted by atomic mass is 16.4. The van der Waals surface area contributed by atoms with Gasteiger partial charge in [-0.1, -0.05) is 51.1 Å². The van der Waals surface area contributed by atoms with Gasteiger partial charge in [0.15, 0.2) is 0 Å². The maximum atomic E-state index is 11.4. The molecule has 3 nitrogen and oxygen atoms in total. The van der Waals surface area contributed by atoms with Gasteiger partial charge in [0.1, 0.15) is 0 Å². The normalized spacial score (nSPS) is 13.1. The van der Waals surface area contributed by atoms with E-state index < -0.39 is 11.4 Å². The summed E-state index contributed by atoms with van der Waals surface area (Å²) in [5, 5.41) is 12.8. The summed E-state index contributed by atoms with van der Waals surface area (Å²) in [6.45, 7) is 7.57. The SMILES string of the molecule is CCC(CC)(CNCC(C)CCc1ccccc1)C(=O)O. The molecule has 0 bridgehead atoms. The number of aryl methyl sites for hydroxylation is 1. The van der Waals surface area contributed by atoms with Crippen LogP contribution in [0.5, 0.6) is 0 Å². The number of nitrogens with one attached hydrogen (secondary N) is 1. The third kappa shape index (κ3) is 5.50. The largest absolute Gasteiger partial charge is 0.481 e. The second kappa shape index (κ2) is 8.83. The number of carbonyl (C=O) groups is 1. The number of aliphatic carboxylic acids is 1. The van der Waals surface area contributed by atoms with E-state index in [4.69, 9.17) is 0 Å². The molecule has 0 spiro atoms. The molecule has 1 aromatic rings. The van der Waals surface area contributed by atoms with E-state index in [1.165, 1.54) is 5.56 Å². The lowest BCUT2D eigenvalue weighted by Crippen LogP contribution is -2.41. The van der Waals surface area contributed by atoms with Gasteiger partial charge in [-0.3, -0.25) is 4.79 Å². The molecule has 2 N–H and O–H groups in total. The number of hydrogen-bond donors (Lipinski definition) is 2. The molecule has 0 aliphatic carbocycles. The first-order valence-electron chi connectivity index (χ1n) is 8.02. The van der Waals surface area contributed by atoms with Crippen LogP contribution >= 0.6 is 0 Å². The van der Waals surface area contributed by atoms with Crippen LogP contribution in [0, 0.1) is 11.3 Å². The second-order valence-corrected chi connectivity index (χ2v) is 6.05. The molecule has 0 aliphatic heterocycles. The molecule has 0 saturated carbocycles. The van der Waals surface area contributed by atoms with Crippen LogP contribution in [0.4, 0.5) is 0 Å². The Morgan fingerprint density at radius 1 is 1.24 bits per heavy atom. The van der Waals surface area contributed by atoms with Gasteiger partial charge in [0.25, 0.3) is 0 Å².